The molecule has 10 heteroatoms. The van der Waals surface area contributed by atoms with Gasteiger partial charge in [-0.3, -0.25) is 0 Å². The number of ether oxygens (including phenoxy) is 1. The van der Waals surface area contributed by atoms with Crippen LogP contribution in [0.2, 0.25) is 0 Å². The van der Waals surface area contributed by atoms with Gasteiger partial charge in [-0.1, -0.05) is 0 Å². The highest BCUT2D eigenvalue weighted by atomic mass is 16.5. The molecule has 0 unspecified atom stereocenters. The monoisotopic (exact) mass is 447 g/mol. The van der Waals surface area contributed by atoms with Gasteiger partial charge in [-0.25, -0.2) is 15.0 Å². The highest BCUT2D eigenvalue weighted by molar-refractivity contribution is 5.86. The lowest BCUT2D eigenvalue weighted by atomic mass is 10.1. The molecule has 0 aliphatic carbocycles. The number of nitrogens with zero attached hydrogens (tertiary/aromatic N) is 5. The molecule has 172 valence electrons. The smallest absolute Gasteiger partial charge is 0.227 e. The molecule has 0 saturated carbocycles. The van der Waals surface area contributed by atoms with E-state index in [2.05, 4.69) is 42.4 Å². The molecule has 0 spiro atoms. The molecule has 33 heavy (non-hydrogen) atoms. The summed E-state index contributed by atoms with van der Waals surface area (Å²) in [6.45, 7) is 3.82. The van der Waals surface area contributed by atoms with E-state index in [1.54, 1.807) is 32.6 Å². The number of nitrogen functional groups attached to an aromatic ring is 1. The topological polar surface area (TPSA) is 128 Å². The van der Waals surface area contributed by atoms with Crippen LogP contribution in [0, 0.1) is 5.41 Å². The number of anilines is 5. The first-order chi connectivity index (χ1) is 16.0. The Bertz CT molecular complexity index is 1140. The Balaban J connectivity index is 1.60. The highest BCUT2D eigenvalue weighted by Crippen LogP contribution is 2.37. The fourth-order valence-electron chi connectivity index (χ4n) is 3.81. The van der Waals surface area contributed by atoms with Crippen LogP contribution in [0.4, 0.5) is 28.8 Å². The van der Waals surface area contributed by atoms with E-state index in [-0.39, 0.29) is 0 Å². The van der Waals surface area contributed by atoms with Crippen molar-refractivity contribution in [2.24, 2.45) is 0 Å². The van der Waals surface area contributed by atoms with Gasteiger partial charge >= 0.3 is 0 Å². The molecule has 5 N–H and O–H groups in total. The number of likely N-dealkylation sites (N-methyl/N-ethyl adjacent to an activating group) is 1. The summed E-state index contributed by atoms with van der Waals surface area (Å²) in [7, 11) is 5.53. The van der Waals surface area contributed by atoms with Gasteiger partial charge in [0.25, 0.3) is 0 Å². The van der Waals surface area contributed by atoms with E-state index < -0.39 is 0 Å². The van der Waals surface area contributed by atoms with E-state index in [4.69, 9.17) is 15.9 Å². The molecular formula is C23H29N9O. The fraction of sp³-hybridized carbons (Fsp3) is 0.304. The number of rotatable bonds is 7. The zero-order valence-electron chi connectivity index (χ0n) is 19.1. The van der Waals surface area contributed by atoms with Gasteiger partial charge in [-0.2, -0.15) is 0 Å². The fourth-order valence-corrected chi connectivity index (χ4v) is 3.81. The molecule has 1 fully saturated rings. The number of piperazine rings is 1. The van der Waals surface area contributed by atoms with Crippen LogP contribution in [0.3, 0.4) is 0 Å². The molecule has 10 nitrogen and oxygen atoms in total. The quantitative estimate of drug-likeness (QED) is 0.319. The maximum absolute atomic E-state index is 7.62. The van der Waals surface area contributed by atoms with E-state index in [1.165, 1.54) is 6.21 Å². The number of aromatic nitrogens is 3. The van der Waals surface area contributed by atoms with Gasteiger partial charge in [-0.15, -0.1) is 0 Å². The Morgan fingerprint density at radius 3 is 2.64 bits per heavy atom. The average molecular weight is 448 g/mol. The Labute approximate surface area is 193 Å². The third-order valence-corrected chi connectivity index (χ3v) is 5.70. The van der Waals surface area contributed by atoms with Crippen molar-refractivity contribution in [2.75, 3.05) is 68.7 Å². The van der Waals surface area contributed by atoms with Crippen molar-refractivity contribution in [2.45, 2.75) is 0 Å². The molecule has 0 atom stereocenters. The molecule has 1 saturated heterocycles. The Morgan fingerprint density at radius 2 is 1.94 bits per heavy atom. The summed E-state index contributed by atoms with van der Waals surface area (Å²) in [6.07, 6.45) is 4.65. The summed E-state index contributed by atoms with van der Waals surface area (Å²) < 4.78 is 5.64. The van der Waals surface area contributed by atoms with E-state index in [0.717, 1.165) is 37.4 Å². The number of methoxy groups -OCH3 is 1. The van der Waals surface area contributed by atoms with E-state index in [9.17, 15) is 0 Å². The van der Waals surface area contributed by atoms with Gasteiger partial charge < -0.3 is 36.3 Å². The van der Waals surface area contributed by atoms with Gasteiger partial charge in [0, 0.05) is 69.0 Å². The Hall–Kier alpha value is -3.92. The molecule has 1 aliphatic heterocycles. The number of pyridine rings is 1. The van der Waals surface area contributed by atoms with Crippen molar-refractivity contribution in [3.8, 4) is 17.0 Å². The lowest BCUT2D eigenvalue weighted by molar-refractivity contribution is 0.313. The normalized spacial score (nSPS) is 14.1. The van der Waals surface area contributed by atoms with Crippen LogP contribution in [0.1, 0.15) is 5.56 Å². The van der Waals surface area contributed by atoms with Crippen LogP contribution < -0.4 is 26.0 Å². The van der Waals surface area contributed by atoms with Crippen molar-refractivity contribution in [3.05, 3.63) is 42.2 Å². The predicted molar refractivity (Wildman–Crippen MR) is 133 cm³/mol. The van der Waals surface area contributed by atoms with E-state index in [0.29, 0.717) is 40.1 Å². The maximum Gasteiger partial charge on any atom is 0.227 e. The molecular weight excluding hydrogens is 418 g/mol. The van der Waals surface area contributed by atoms with Crippen molar-refractivity contribution in [1.29, 1.82) is 5.41 Å². The number of hydrogen-bond donors (Lipinski definition) is 4. The van der Waals surface area contributed by atoms with Gasteiger partial charge in [0.15, 0.2) is 0 Å². The van der Waals surface area contributed by atoms with Crippen LogP contribution >= 0.6 is 0 Å². The molecule has 1 aromatic carbocycles. The summed E-state index contributed by atoms with van der Waals surface area (Å²) in [5, 5.41) is 13.8. The van der Waals surface area contributed by atoms with Crippen molar-refractivity contribution in [1.82, 2.24) is 19.9 Å². The van der Waals surface area contributed by atoms with Crippen LogP contribution in [-0.4, -0.2) is 73.5 Å². The maximum atomic E-state index is 7.62. The SMILES string of the molecule is CNc1ncc(-c2ccnc(Nc3cc(N)c(N4CCN(C)CC4)cc3OC)n2)cc1C=N. The van der Waals surface area contributed by atoms with Crippen LogP contribution in [0.15, 0.2) is 36.7 Å². The number of hydrogen-bond acceptors (Lipinski definition) is 10. The van der Waals surface area contributed by atoms with Crippen LogP contribution in [-0.2, 0) is 0 Å². The molecule has 2 aromatic heterocycles. The van der Waals surface area contributed by atoms with Crippen molar-refractivity contribution in [3.63, 3.8) is 0 Å². The molecule has 3 aromatic rings. The highest BCUT2D eigenvalue weighted by Gasteiger charge is 2.19. The molecule has 4 rings (SSSR count). The lowest BCUT2D eigenvalue weighted by Gasteiger charge is -2.35. The van der Waals surface area contributed by atoms with E-state index in [1.807, 2.05) is 18.2 Å². The summed E-state index contributed by atoms with van der Waals surface area (Å²) >= 11 is 0. The van der Waals surface area contributed by atoms with Gasteiger partial charge in [0.2, 0.25) is 5.95 Å². The third kappa shape index (κ3) is 4.80. The zero-order chi connectivity index (χ0) is 23.4. The van der Waals surface area contributed by atoms with Gasteiger partial charge in [0.1, 0.15) is 11.6 Å². The second kappa shape index (κ2) is 9.70. The van der Waals surface area contributed by atoms with Crippen molar-refractivity contribution >= 4 is 35.0 Å². The first kappa shape index (κ1) is 22.3. The number of benzene rings is 1. The average Bonchev–Trinajstić information content (AvgIpc) is 2.84. The Morgan fingerprint density at radius 1 is 1.15 bits per heavy atom. The summed E-state index contributed by atoms with van der Waals surface area (Å²) in [6, 6.07) is 7.49. The van der Waals surface area contributed by atoms with E-state index >= 15 is 0 Å². The molecule has 0 amide bonds. The van der Waals surface area contributed by atoms with Gasteiger partial charge in [0.05, 0.1) is 29.9 Å². The van der Waals surface area contributed by atoms with Gasteiger partial charge in [-0.05, 0) is 25.2 Å². The summed E-state index contributed by atoms with van der Waals surface area (Å²) in [5.74, 6) is 1.71. The second-order valence-electron chi connectivity index (χ2n) is 7.85. The summed E-state index contributed by atoms with van der Waals surface area (Å²) in [4.78, 5) is 17.9. The minimum absolute atomic E-state index is 0.409. The van der Waals surface area contributed by atoms with Crippen LogP contribution in [0.25, 0.3) is 11.3 Å². The lowest BCUT2D eigenvalue weighted by Crippen LogP contribution is -2.44. The first-order valence-corrected chi connectivity index (χ1v) is 10.7. The third-order valence-electron chi connectivity index (χ3n) is 5.70. The first-order valence-electron chi connectivity index (χ1n) is 10.7. The minimum Gasteiger partial charge on any atom is -0.494 e. The molecule has 0 bridgehead atoms. The zero-order valence-corrected chi connectivity index (χ0v) is 19.1. The molecule has 1 aliphatic rings. The van der Waals surface area contributed by atoms with Crippen molar-refractivity contribution < 1.29 is 4.74 Å². The predicted octanol–water partition coefficient (Wildman–Crippen LogP) is 2.66. The number of nitrogens with one attached hydrogen (secondary N) is 3. The minimum atomic E-state index is 0.409. The largest absolute Gasteiger partial charge is 0.494 e. The summed E-state index contributed by atoms with van der Waals surface area (Å²) in [5.41, 5.74) is 10.9. The number of nitrogens with two attached hydrogens (primary N) is 1. The Kier molecular flexibility index (Phi) is 6.55. The molecule has 3 heterocycles. The van der Waals surface area contributed by atoms with Crippen LogP contribution in [0.5, 0.6) is 5.75 Å². The molecule has 0 radical (unpaired) electrons. The second-order valence-corrected chi connectivity index (χ2v) is 7.85. The standard InChI is InChI=1S/C23H29N9O/c1-26-22-15(13-24)10-16(14-28-22)18-4-5-27-23(29-18)30-19-11-17(25)20(12-21(19)33-3)32-8-6-31(2)7-9-32/h4-5,10-14,24H,6-9,25H2,1-3H3,(H,26,28)(H,27,29,30).